The van der Waals surface area contributed by atoms with Gasteiger partial charge in [-0.2, -0.15) is 0 Å². The largest absolute Gasteiger partial charge is 0.462 e. The maximum Gasteiger partial charge on any atom is 0.306 e. The second kappa shape index (κ2) is 60.4. The fourth-order valence-electron chi connectivity index (χ4n) is 7.90. The molecule has 6 nitrogen and oxygen atoms in total. The van der Waals surface area contributed by atoms with Crippen LogP contribution in [0.2, 0.25) is 0 Å². The van der Waals surface area contributed by atoms with Crippen LogP contribution >= 0.6 is 0 Å². The number of carbonyl (C=O) groups excluding carboxylic acids is 3. The summed E-state index contributed by atoms with van der Waals surface area (Å²) in [4.78, 5) is 38.2. The van der Waals surface area contributed by atoms with E-state index in [9.17, 15) is 14.4 Å². The van der Waals surface area contributed by atoms with Crippen molar-refractivity contribution in [2.75, 3.05) is 13.2 Å². The summed E-state index contributed by atoms with van der Waals surface area (Å²) in [5.41, 5.74) is 0. The zero-order valence-electron chi connectivity index (χ0n) is 47.4. The summed E-state index contributed by atoms with van der Waals surface area (Å²) in [6, 6.07) is 0. The summed E-state index contributed by atoms with van der Waals surface area (Å²) in [5.74, 6) is -0.932. The van der Waals surface area contributed by atoms with Gasteiger partial charge in [-0.15, -0.1) is 0 Å². The van der Waals surface area contributed by atoms with Gasteiger partial charge in [0.1, 0.15) is 13.2 Å². The minimum Gasteiger partial charge on any atom is -0.462 e. The highest BCUT2D eigenvalue weighted by Crippen LogP contribution is 2.14. The maximum absolute atomic E-state index is 12.9. The van der Waals surface area contributed by atoms with Gasteiger partial charge in [0.15, 0.2) is 6.10 Å². The van der Waals surface area contributed by atoms with Crippen molar-refractivity contribution >= 4 is 17.9 Å². The molecular weight excluding hydrogens is 901 g/mol. The first-order valence-electron chi connectivity index (χ1n) is 30.0. The van der Waals surface area contributed by atoms with E-state index >= 15 is 0 Å². The van der Waals surface area contributed by atoms with Gasteiger partial charge in [-0.05, 0) is 128 Å². The third-order valence-corrected chi connectivity index (χ3v) is 12.4. The normalized spacial score (nSPS) is 13.0. The van der Waals surface area contributed by atoms with Crippen LogP contribution in [0, 0.1) is 0 Å². The van der Waals surface area contributed by atoms with E-state index in [0.29, 0.717) is 19.3 Å². The molecule has 0 aromatic rings. The van der Waals surface area contributed by atoms with Crippen LogP contribution in [0.5, 0.6) is 0 Å². The first-order valence-corrected chi connectivity index (χ1v) is 30.0. The Morgan fingerprint density at radius 2 is 0.548 bits per heavy atom. The minimum atomic E-state index is -0.798. The molecule has 0 radical (unpaired) electrons. The number of carbonyl (C=O) groups is 3. The summed E-state index contributed by atoms with van der Waals surface area (Å²) in [6.07, 6.45) is 83.3. The van der Waals surface area contributed by atoms with E-state index in [1.807, 2.05) is 0 Å². The van der Waals surface area contributed by atoms with Crippen LogP contribution in [0.1, 0.15) is 265 Å². The molecular formula is C67H110O6. The highest BCUT2D eigenvalue weighted by molar-refractivity contribution is 5.71. The van der Waals surface area contributed by atoms with Crippen molar-refractivity contribution in [2.24, 2.45) is 0 Å². The first-order chi connectivity index (χ1) is 36.0. The van der Waals surface area contributed by atoms with E-state index in [1.54, 1.807) is 0 Å². The molecule has 0 N–H and O–H groups in total. The molecule has 73 heavy (non-hydrogen) atoms. The highest BCUT2D eigenvalue weighted by Gasteiger charge is 2.19. The Balaban J connectivity index is 4.39. The van der Waals surface area contributed by atoms with Crippen LogP contribution in [-0.2, 0) is 28.6 Å². The van der Waals surface area contributed by atoms with E-state index in [-0.39, 0.29) is 31.1 Å². The Hall–Kier alpha value is -4.19. The smallest absolute Gasteiger partial charge is 0.306 e. The molecule has 0 heterocycles. The first kappa shape index (κ1) is 68.8. The number of hydrogen-bond donors (Lipinski definition) is 0. The lowest BCUT2D eigenvalue weighted by molar-refractivity contribution is -0.167. The van der Waals surface area contributed by atoms with Gasteiger partial charge < -0.3 is 14.2 Å². The van der Waals surface area contributed by atoms with Gasteiger partial charge in [-0.1, -0.05) is 239 Å². The third-order valence-electron chi connectivity index (χ3n) is 12.4. The number of allylic oxidation sites excluding steroid dienone is 20. The average molecular weight is 1010 g/mol. The van der Waals surface area contributed by atoms with E-state index in [2.05, 4.69) is 142 Å². The molecule has 0 aliphatic carbocycles. The van der Waals surface area contributed by atoms with Crippen molar-refractivity contribution in [2.45, 2.75) is 271 Å². The zero-order chi connectivity index (χ0) is 52.9. The predicted octanol–water partition coefficient (Wildman–Crippen LogP) is 20.4. The molecule has 0 rings (SSSR count). The SMILES string of the molecule is CC/C=C\C/C=C\C/C=C\C/C=C\C/C=C\C/C=C\CCCCCCCCC(=O)OCC(COC(=O)CCCCCCC/C=C\CCCC)OC(=O)CCCCCCCC/C=C\C/C=C\C/C=C\CCCCC. The molecule has 6 heteroatoms. The van der Waals surface area contributed by atoms with Gasteiger partial charge in [0.05, 0.1) is 0 Å². The number of unbranched alkanes of at least 4 members (excludes halogenated alkanes) is 22. The monoisotopic (exact) mass is 1010 g/mol. The molecule has 0 aliphatic rings. The maximum atomic E-state index is 12.9. The quantitative estimate of drug-likeness (QED) is 0.0261. The fraction of sp³-hybridized carbons (Fsp3) is 0.657. The molecule has 0 amide bonds. The number of esters is 3. The van der Waals surface area contributed by atoms with E-state index in [1.165, 1.54) is 77.0 Å². The Morgan fingerprint density at radius 3 is 0.890 bits per heavy atom. The fourth-order valence-corrected chi connectivity index (χ4v) is 7.90. The lowest BCUT2D eigenvalue weighted by Crippen LogP contribution is -2.30. The van der Waals surface area contributed by atoms with Crippen LogP contribution in [0.3, 0.4) is 0 Å². The Kier molecular flexibility index (Phi) is 56.9. The molecule has 0 aromatic heterocycles. The van der Waals surface area contributed by atoms with E-state index in [0.717, 1.165) is 148 Å². The molecule has 0 saturated heterocycles. The zero-order valence-corrected chi connectivity index (χ0v) is 47.4. The van der Waals surface area contributed by atoms with Crippen molar-refractivity contribution < 1.29 is 28.6 Å². The summed E-state index contributed by atoms with van der Waals surface area (Å²) in [6.45, 7) is 6.43. The molecule has 0 aliphatic heterocycles. The molecule has 1 unspecified atom stereocenters. The Labute approximate surface area is 450 Å². The molecule has 1 atom stereocenters. The van der Waals surface area contributed by atoms with Crippen LogP contribution in [0.25, 0.3) is 0 Å². The third kappa shape index (κ3) is 58.6. The number of hydrogen-bond acceptors (Lipinski definition) is 6. The summed E-state index contributed by atoms with van der Waals surface area (Å²) in [5, 5.41) is 0. The second-order valence-corrected chi connectivity index (χ2v) is 19.5. The summed E-state index contributed by atoms with van der Waals surface area (Å²) >= 11 is 0. The van der Waals surface area contributed by atoms with Gasteiger partial charge in [0, 0.05) is 19.3 Å². The predicted molar refractivity (Wildman–Crippen MR) is 316 cm³/mol. The van der Waals surface area contributed by atoms with Gasteiger partial charge in [-0.25, -0.2) is 0 Å². The topological polar surface area (TPSA) is 78.9 Å². The lowest BCUT2D eigenvalue weighted by Gasteiger charge is -2.18. The molecule has 0 bridgehead atoms. The van der Waals surface area contributed by atoms with Crippen LogP contribution in [0.4, 0.5) is 0 Å². The molecule has 0 saturated carbocycles. The average Bonchev–Trinajstić information content (AvgIpc) is 3.39. The van der Waals surface area contributed by atoms with Crippen molar-refractivity contribution in [1.29, 1.82) is 0 Å². The van der Waals surface area contributed by atoms with Crippen molar-refractivity contribution in [1.82, 2.24) is 0 Å². The van der Waals surface area contributed by atoms with Crippen LogP contribution in [-0.4, -0.2) is 37.2 Å². The van der Waals surface area contributed by atoms with Crippen LogP contribution in [0.15, 0.2) is 122 Å². The van der Waals surface area contributed by atoms with Gasteiger partial charge in [0.25, 0.3) is 0 Å². The molecule has 0 fully saturated rings. The van der Waals surface area contributed by atoms with E-state index < -0.39 is 6.10 Å². The van der Waals surface area contributed by atoms with Gasteiger partial charge in [0.2, 0.25) is 0 Å². The minimum absolute atomic E-state index is 0.0952. The van der Waals surface area contributed by atoms with Crippen molar-refractivity contribution in [3.05, 3.63) is 122 Å². The Morgan fingerprint density at radius 1 is 0.288 bits per heavy atom. The number of rotatable bonds is 53. The molecule has 414 valence electrons. The lowest BCUT2D eigenvalue weighted by atomic mass is 10.1. The van der Waals surface area contributed by atoms with Crippen molar-refractivity contribution in [3.8, 4) is 0 Å². The standard InChI is InChI=1S/C67H110O6/c1-4-7-10-13-16-19-22-24-26-28-30-31-32-33-34-35-37-38-40-42-45-48-51-54-57-60-66(69)72-63-64(62-71-65(68)59-56-53-50-47-44-21-18-15-12-9-6-3)73-67(70)61-58-55-52-49-46-43-41-39-36-29-27-25-23-20-17-14-11-8-5-2/h7,10,15-20,24-27,30-31,33-34,36-39,64H,4-6,8-9,11-14,21-23,28-29,32,35,40-63H2,1-3H3/b10-7-,18-15-,19-16-,20-17-,26-24-,27-25-,31-30-,34-33-,38-37-,39-36-. The van der Waals surface area contributed by atoms with Crippen LogP contribution < -0.4 is 0 Å². The highest BCUT2D eigenvalue weighted by atomic mass is 16.6. The van der Waals surface area contributed by atoms with Crippen molar-refractivity contribution in [3.63, 3.8) is 0 Å². The number of ether oxygens (including phenoxy) is 3. The summed E-state index contributed by atoms with van der Waals surface area (Å²) in [7, 11) is 0. The van der Waals surface area contributed by atoms with E-state index in [4.69, 9.17) is 14.2 Å². The molecule has 0 aromatic carbocycles. The molecule has 0 spiro atoms. The summed E-state index contributed by atoms with van der Waals surface area (Å²) < 4.78 is 16.8. The Bertz CT molecular complexity index is 1540. The van der Waals surface area contributed by atoms with Gasteiger partial charge >= 0.3 is 17.9 Å². The second-order valence-electron chi connectivity index (χ2n) is 19.5. The van der Waals surface area contributed by atoms with Gasteiger partial charge in [-0.3, -0.25) is 14.4 Å².